The molecule has 0 fully saturated rings. The van der Waals surface area contributed by atoms with Crippen LogP contribution in [0.1, 0.15) is 22.8 Å². The van der Waals surface area contributed by atoms with Gasteiger partial charge in [-0.2, -0.15) is 0 Å². The topological polar surface area (TPSA) is 61.2 Å². The zero-order valence-corrected chi connectivity index (χ0v) is 34.0. The summed E-state index contributed by atoms with van der Waals surface area (Å²) >= 11 is 0. The predicted molar refractivity (Wildman–Crippen MR) is 201 cm³/mol. The van der Waals surface area contributed by atoms with Crippen molar-refractivity contribution in [3.63, 3.8) is 0 Å². The van der Waals surface area contributed by atoms with Gasteiger partial charge < -0.3 is 33.9 Å². The first kappa shape index (κ1) is 44.7. The molecule has 0 radical (unpaired) electrons. The van der Waals surface area contributed by atoms with Gasteiger partial charge in [-0.05, 0) is 54.1 Å². The molecule has 7 aromatic rings. The Labute approximate surface area is 369 Å². The molecule has 65 heavy (non-hydrogen) atoms. The second-order valence-electron chi connectivity index (χ2n) is 14.1. The second-order valence-corrected chi connectivity index (χ2v) is 14.1. The monoisotopic (exact) mass is 1030 g/mol. The van der Waals surface area contributed by atoms with Crippen molar-refractivity contribution < 1.29 is 94.4 Å². The summed E-state index contributed by atoms with van der Waals surface area (Å²) in [5.74, 6) is -36.6. The number of nitrogens with one attached hydrogen (secondary N) is 2. The number of fused-ring (bicyclic) bond motifs is 8. The molecule has 2 N–H and O–H groups in total. The van der Waals surface area contributed by atoms with Crippen LogP contribution in [0.5, 0.6) is 0 Å². The van der Waals surface area contributed by atoms with E-state index in [0.717, 1.165) is 36.4 Å². The molecule has 330 valence electrons. The van der Waals surface area contributed by atoms with E-state index in [1.807, 2.05) is 0 Å². The molecule has 0 amide bonds. The Balaban J connectivity index is 0.00000576. The van der Waals surface area contributed by atoms with Crippen LogP contribution < -0.4 is 28.5 Å². The summed E-state index contributed by atoms with van der Waals surface area (Å²) in [5, 5.41) is 0. The summed E-state index contributed by atoms with van der Waals surface area (Å²) in [6.07, 6.45) is 7.05. The summed E-state index contributed by atoms with van der Waals surface area (Å²) in [4.78, 5) is 13.9. The minimum atomic E-state index is -2.61. The highest BCUT2D eigenvalue weighted by Crippen LogP contribution is 2.43. The van der Waals surface area contributed by atoms with Crippen molar-refractivity contribution in [3.8, 4) is 44.5 Å². The van der Waals surface area contributed by atoms with Gasteiger partial charge in [-0.3, -0.25) is 0 Å². The van der Waals surface area contributed by atoms with Crippen molar-refractivity contribution in [2.24, 2.45) is 7.05 Å². The van der Waals surface area contributed by atoms with Crippen molar-refractivity contribution in [1.82, 2.24) is 19.9 Å². The van der Waals surface area contributed by atoms with Gasteiger partial charge in [-0.15, -0.1) is 0 Å². The Morgan fingerprint density at radius 3 is 0.831 bits per heavy atom. The van der Waals surface area contributed by atoms with Crippen LogP contribution in [-0.4, -0.2) is 19.9 Å². The van der Waals surface area contributed by atoms with E-state index >= 15 is 26.3 Å². The van der Waals surface area contributed by atoms with Crippen molar-refractivity contribution in [1.29, 1.82) is 0 Å². The maximum absolute atomic E-state index is 15.8. The standard InChI is InChI=1S/C44H16F15N5.HI/c1-64-12-10-14(11-13-64)23-15-2-4-17(60-15)24(27-30(45)36(51)42(57)37(52)31(27)46)19-6-8-21(62-19)26(29-34(49)40(55)44(59)41(56)35(29)50)22-9-7-20(63-22)25(18-5-3-16(23)61-18)28-32(47)38(53)43(58)39(54)33(28)48;/h2-13H,1H3,(H,60,61,62,63);1H. The molecule has 4 aromatic heterocycles. The smallest absolute Gasteiger partial charge is 0.200 e. The zero-order chi connectivity index (χ0) is 45.8. The van der Waals surface area contributed by atoms with E-state index in [0.29, 0.717) is 5.56 Å². The first-order valence-corrected chi connectivity index (χ1v) is 18.1. The van der Waals surface area contributed by atoms with Gasteiger partial charge in [-0.1, -0.05) is 0 Å². The lowest BCUT2D eigenvalue weighted by molar-refractivity contribution is -0.671. The van der Waals surface area contributed by atoms with Crippen molar-refractivity contribution in [3.05, 3.63) is 159 Å². The predicted octanol–water partition coefficient (Wildman–Crippen LogP) is 9.24. The molecule has 0 atom stereocenters. The highest BCUT2D eigenvalue weighted by molar-refractivity contribution is 6.00. The molecule has 6 heterocycles. The third-order valence-electron chi connectivity index (χ3n) is 10.4. The van der Waals surface area contributed by atoms with Gasteiger partial charge in [0, 0.05) is 56.5 Å². The summed E-state index contributed by atoms with van der Waals surface area (Å²) in [5.41, 5.74) is -11.4. The highest BCUT2D eigenvalue weighted by Gasteiger charge is 2.34. The fraction of sp³-hybridized carbons (Fsp3) is 0.0227. The van der Waals surface area contributed by atoms with Crippen LogP contribution >= 0.6 is 0 Å². The van der Waals surface area contributed by atoms with Crippen LogP contribution in [-0.2, 0) is 7.05 Å². The Bertz CT molecular complexity index is 3320. The number of pyridine rings is 1. The molecule has 5 nitrogen and oxygen atoms in total. The van der Waals surface area contributed by atoms with Gasteiger partial charge in [0.25, 0.3) is 0 Å². The van der Waals surface area contributed by atoms with Crippen LogP contribution in [0.2, 0.25) is 0 Å². The third kappa shape index (κ3) is 6.85. The summed E-state index contributed by atoms with van der Waals surface area (Å²) < 4.78 is 229. The van der Waals surface area contributed by atoms with E-state index in [-0.39, 0.29) is 40.8 Å². The Morgan fingerprint density at radius 2 is 0.554 bits per heavy atom. The lowest BCUT2D eigenvalue weighted by Crippen LogP contribution is -3.00. The molecule has 8 bridgehead atoms. The molecule has 2 aliphatic rings. The van der Waals surface area contributed by atoms with Gasteiger partial charge in [0.1, 0.15) is 7.05 Å². The van der Waals surface area contributed by atoms with Crippen LogP contribution in [0.15, 0.2) is 48.8 Å². The largest absolute Gasteiger partial charge is 1.00 e. The number of hydrogen-bond acceptors (Lipinski definition) is 2. The molecular weight excluding hydrogens is 1010 g/mol. The average Bonchev–Trinajstić information content (AvgIpc) is 4.14. The minimum Gasteiger partial charge on any atom is -1.00 e. The molecule has 0 saturated carbocycles. The average molecular weight is 1030 g/mol. The van der Waals surface area contributed by atoms with Gasteiger partial charge >= 0.3 is 0 Å². The molecule has 2 aliphatic heterocycles. The van der Waals surface area contributed by atoms with Crippen molar-refractivity contribution >= 4 is 46.4 Å². The minimum absolute atomic E-state index is 0. The molecule has 0 unspecified atom stereocenters. The number of aromatic amines is 2. The fourth-order valence-electron chi connectivity index (χ4n) is 7.44. The Kier molecular flexibility index (Phi) is 11.2. The molecule has 0 saturated heterocycles. The number of rotatable bonds is 4. The van der Waals surface area contributed by atoms with Crippen LogP contribution in [0.25, 0.3) is 90.9 Å². The number of benzene rings is 3. The zero-order valence-electron chi connectivity index (χ0n) is 31.8. The van der Waals surface area contributed by atoms with E-state index in [9.17, 15) is 39.5 Å². The van der Waals surface area contributed by atoms with Crippen LogP contribution in [0, 0.1) is 87.3 Å². The molecule has 0 spiro atoms. The maximum atomic E-state index is 15.8. The van der Waals surface area contributed by atoms with E-state index < -0.39 is 154 Å². The summed E-state index contributed by atoms with van der Waals surface area (Å²) in [6.45, 7) is 0. The summed E-state index contributed by atoms with van der Waals surface area (Å²) in [6, 6.07) is 7.11. The SMILES string of the molecule is C[n+]1ccc(-c2c3nc(c(-c4c(F)c(F)c(F)c(F)c4F)c4ccc([nH]4)c(-c4c(F)c(F)c(F)c(F)c4F)c4nc(c(-c5c(F)c(F)c(F)c(F)c5F)c5ccc2[nH]5)C=C4)C=C3)cc1.[I-]. The Morgan fingerprint density at radius 1 is 0.323 bits per heavy atom. The first-order chi connectivity index (χ1) is 30.4. The lowest BCUT2D eigenvalue weighted by atomic mass is 10.0. The molecule has 9 rings (SSSR count). The highest BCUT2D eigenvalue weighted by atomic mass is 127. The molecule has 0 aliphatic carbocycles. The number of hydrogen-bond donors (Lipinski definition) is 2. The second kappa shape index (κ2) is 16.3. The Hall–Kier alpha value is -6.91. The number of nitrogens with zero attached hydrogens (tertiary/aromatic N) is 3. The van der Waals surface area contributed by atoms with Gasteiger partial charge in [-0.25, -0.2) is 80.4 Å². The molecular formula is C44H17F15IN5. The number of halogens is 16. The third-order valence-corrected chi connectivity index (χ3v) is 10.4. The normalized spacial score (nSPS) is 12.1. The number of H-pyrrole nitrogens is 2. The van der Waals surface area contributed by atoms with E-state index in [1.54, 1.807) is 24.0 Å². The van der Waals surface area contributed by atoms with E-state index in [2.05, 4.69) is 19.9 Å². The van der Waals surface area contributed by atoms with Crippen molar-refractivity contribution in [2.75, 3.05) is 0 Å². The van der Waals surface area contributed by atoms with Crippen LogP contribution in [0.3, 0.4) is 0 Å². The number of aromatic nitrogens is 5. The van der Waals surface area contributed by atoms with Crippen LogP contribution in [0.4, 0.5) is 65.9 Å². The molecule has 3 aromatic carbocycles. The van der Waals surface area contributed by atoms with Gasteiger partial charge in [0.15, 0.2) is 82.2 Å². The van der Waals surface area contributed by atoms with E-state index in [4.69, 9.17) is 0 Å². The maximum Gasteiger partial charge on any atom is 0.200 e. The van der Waals surface area contributed by atoms with Crippen molar-refractivity contribution in [2.45, 2.75) is 0 Å². The quantitative estimate of drug-likeness (QED) is 0.0608. The number of aryl methyl sites for hydroxylation is 1. The lowest BCUT2D eigenvalue weighted by Gasteiger charge is -2.11. The molecule has 21 heteroatoms. The first-order valence-electron chi connectivity index (χ1n) is 18.1. The van der Waals surface area contributed by atoms with Gasteiger partial charge in [0.2, 0.25) is 17.5 Å². The van der Waals surface area contributed by atoms with Gasteiger partial charge in [0.05, 0.1) is 39.5 Å². The fourth-order valence-corrected chi connectivity index (χ4v) is 7.44. The van der Waals surface area contributed by atoms with E-state index in [1.165, 1.54) is 24.3 Å². The summed E-state index contributed by atoms with van der Waals surface area (Å²) in [7, 11) is 1.65.